The minimum absolute atomic E-state index is 0.672. The lowest BCUT2D eigenvalue weighted by molar-refractivity contribution is 0.220. The lowest BCUT2D eigenvalue weighted by Crippen LogP contribution is -2.30. The average molecular weight is 287 g/mol. The molecule has 0 aliphatic carbocycles. The van der Waals surface area contributed by atoms with Crippen LogP contribution < -0.4 is 0 Å². The molecule has 2 saturated heterocycles. The molecule has 2 aliphatic heterocycles. The molecule has 2 fully saturated rings. The van der Waals surface area contributed by atoms with Gasteiger partial charge in [0.1, 0.15) is 0 Å². The predicted molar refractivity (Wildman–Crippen MR) is 87.6 cm³/mol. The fourth-order valence-electron chi connectivity index (χ4n) is 3.82. The van der Waals surface area contributed by atoms with E-state index >= 15 is 0 Å². The topological polar surface area (TPSA) is 19.4 Å². The van der Waals surface area contributed by atoms with Crippen LogP contribution in [0.25, 0.3) is 0 Å². The second-order valence-electron chi connectivity index (χ2n) is 6.96. The van der Waals surface area contributed by atoms with Crippen LogP contribution in [0.4, 0.5) is 0 Å². The Labute approximate surface area is 129 Å². The summed E-state index contributed by atoms with van der Waals surface area (Å²) in [7, 11) is 2.22. The van der Waals surface area contributed by atoms with Crippen molar-refractivity contribution in [2.75, 3.05) is 33.2 Å². The number of hydrogen-bond acceptors (Lipinski definition) is 3. The molecule has 3 rings (SSSR count). The van der Waals surface area contributed by atoms with E-state index in [4.69, 9.17) is 4.98 Å². The summed E-state index contributed by atoms with van der Waals surface area (Å²) in [6, 6.07) is 2.38. The third-order valence-corrected chi connectivity index (χ3v) is 5.14. The first-order valence-corrected chi connectivity index (χ1v) is 8.58. The number of pyridine rings is 1. The standard InChI is InChI=1S/C18H29N3/c1-15-12-16(14-21-8-4-3-5-9-21)13-19-18(15)17-6-10-20(2)11-7-17/h12-13,17H,3-11,14H2,1-2H3. The van der Waals surface area contributed by atoms with Gasteiger partial charge in [0.05, 0.1) is 0 Å². The van der Waals surface area contributed by atoms with Crippen LogP contribution in [0.5, 0.6) is 0 Å². The van der Waals surface area contributed by atoms with Gasteiger partial charge in [-0.25, -0.2) is 0 Å². The van der Waals surface area contributed by atoms with Crippen molar-refractivity contribution >= 4 is 0 Å². The molecule has 0 aromatic carbocycles. The predicted octanol–water partition coefficient (Wildman–Crippen LogP) is 3.19. The fourth-order valence-corrected chi connectivity index (χ4v) is 3.82. The Morgan fingerprint density at radius 2 is 1.81 bits per heavy atom. The van der Waals surface area contributed by atoms with Crippen LogP contribution in [-0.2, 0) is 6.54 Å². The molecule has 0 saturated carbocycles. The summed E-state index contributed by atoms with van der Waals surface area (Å²) >= 11 is 0. The Kier molecular flexibility index (Phi) is 4.91. The minimum atomic E-state index is 0.672. The zero-order valence-corrected chi connectivity index (χ0v) is 13.6. The number of nitrogens with zero attached hydrogens (tertiary/aromatic N) is 3. The van der Waals surface area contributed by atoms with Gasteiger partial charge >= 0.3 is 0 Å². The van der Waals surface area contributed by atoms with Crippen LogP contribution in [0.2, 0.25) is 0 Å². The average Bonchev–Trinajstić information content (AvgIpc) is 2.50. The zero-order valence-electron chi connectivity index (χ0n) is 13.6. The highest BCUT2D eigenvalue weighted by molar-refractivity contribution is 5.27. The smallest absolute Gasteiger partial charge is 0.0464 e. The molecule has 21 heavy (non-hydrogen) atoms. The van der Waals surface area contributed by atoms with Gasteiger partial charge in [-0.15, -0.1) is 0 Å². The van der Waals surface area contributed by atoms with Gasteiger partial charge in [0.25, 0.3) is 0 Å². The van der Waals surface area contributed by atoms with Crippen molar-refractivity contribution in [1.29, 1.82) is 0 Å². The Balaban J connectivity index is 1.64. The van der Waals surface area contributed by atoms with E-state index in [1.54, 1.807) is 0 Å². The van der Waals surface area contributed by atoms with Gasteiger partial charge in [0, 0.05) is 24.4 Å². The van der Waals surface area contributed by atoms with Crippen molar-refractivity contribution in [1.82, 2.24) is 14.8 Å². The first kappa shape index (κ1) is 15.0. The number of aryl methyl sites for hydroxylation is 1. The molecule has 0 atom stereocenters. The van der Waals surface area contributed by atoms with Crippen molar-refractivity contribution in [3.05, 3.63) is 29.1 Å². The molecule has 0 radical (unpaired) electrons. The molecule has 2 aliphatic rings. The monoisotopic (exact) mass is 287 g/mol. The molecule has 0 spiro atoms. The quantitative estimate of drug-likeness (QED) is 0.851. The van der Waals surface area contributed by atoms with Crippen LogP contribution in [0, 0.1) is 6.92 Å². The molecule has 0 unspecified atom stereocenters. The third-order valence-electron chi connectivity index (χ3n) is 5.14. The first-order chi connectivity index (χ1) is 10.2. The molecule has 0 amide bonds. The Hall–Kier alpha value is -0.930. The number of piperidine rings is 2. The molecule has 1 aromatic heterocycles. The van der Waals surface area contributed by atoms with Crippen molar-refractivity contribution in [3.8, 4) is 0 Å². The van der Waals surface area contributed by atoms with Crippen LogP contribution in [0.1, 0.15) is 54.8 Å². The maximum atomic E-state index is 4.85. The van der Waals surface area contributed by atoms with E-state index in [1.807, 2.05) is 0 Å². The molecule has 3 heterocycles. The van der Waals surface area contributed by atoms with Gasteiger partial charge in [-0.2, -0.15) is 0 Å². The highest BCUT2D eigenvalue weighted by Gasteiger charge is 2.21. The summed E-state index contributed by atoms with van der Waals surface area (Å²) in [4.78, 5) is 9.85. The van der Waals surface area contributed by atoms with E-state index in [9.17, 15) is 0 Å². The minimum Gasteiger partial charge on any atom is -0.306 e. The molecular weight excluding hydrogens is 258 g/mol. The summed E-state index contributed by atoms with van der Waals surface area (Å²) in [5.74, 6) is 0.672. The second kappa shape index (κ2) is 6.89. The van der Waals surface area contributed by atoms with Crippen LogP contribution in [0.3, 0.4) is 0 Å². The highest BCUT2D eigenvalue weighted by atomic mass is 15.1. The van der Waals surface area contributed by atoms with E-state index in [-0.39, 0.29) is 0 Å². The van der Waals surface area contributed by atoms with Gasteiger partial charge in [-0.1, -0.05) is 12.5 Å². The number of aromatic nitrogens is 1. The van der Waals surface area contributed by atoms with Crippen LogP contribution in [0.15, 0.2) is 12.3 Å². The maximum Gasteiger partial charge on any atom is 0.0464 e. The van der Waals surface area contributed by atoms with Crippen molar-refractivity contribution in [2.45, 2.75) is 51.5 Å². The lowest BCUT2D eigenvalue weighted by atomic mass is 9.90. The van der Waals surface area contributed by atoms with Crippen molar-refractivity contribution in [2.24, 2.45) is 0 Å². The van der Waals surface area contributed by atoms with E-state index in [2.05, 4.69) is 36.0 Å². The second-order valence-corrected chi connectivity index (χ2v) is 6.96. The summed E-state index contributed by atoms with van der Waals surface area (Å²) in [6.07, 6.45) is 8.78. The molecule has 116 valence electrons. The van der Waals surface area contributed by atoms with Crippen LogP contribution >= 0.6 is 0 Å². The normalized spacial score (nSPS) is 22.6. The lowest BCUT2D eigenvalue weighted by Gasteiger charge is -2.30. The summed E-state index contributed by atoms with van der Waals surface area (Å²) < 4.78 is 0. The van der Waals surface area contributed by atoms with Gasteiger partial charge in [-0.3, -0.25) is 9.88 Å². The maximum absolute atomic E-state index is 4.85. The molecule has 1 aromatic rings. The zero-order chi connectivity index (χ0) is 14.7. The number of hydrogen-bond donors (Lipinski definition) is 0. The van der Waals surface area contributed by atoms with E-state index < -0.39 is 0 Å². The van der Waals surface area contributed by atoms with E-state index in [1.165, 1.54) is 75.1 Å². The van der Waals surface area contributed by atoms with Gasteiger partial charge < -0.3 is 4.90 Å². The van der Waals surface area contributed by atoms with E-state index in [0.717, 1.165) is 6.54 Å². The van der Waals surface area contributed by atoms with Crippen molar-refractivity contribution in [3.63, 3.8) is 0 Å². The summed E-state index contributed by atoms with van der Waals surface area (Å²) in [5.41, 5.74) is 4.15. The van der Waals surface area contributed by atoms with Crippen LogP contribution in [-0.4, -0.2) is 48.0 Å². The van der Waals surface area contributed by atoms with Gasteiger partial charge in [-0.05, 0) is 77.0 Å². The largest absolute Gasteiger partial charge is 0.306 e. The SMILES string of the molecule is Cc1cc(CN2CCCCC2)cnc1C1CCN(C)CC1. The molecule has 0 bridgehead atoms. The Morgan fingerprint density at radius 3 is 2.48 bits per heavy atom. The third kappa shape index (κ3) is 3.83. The molecule has 3 heteroatoms. The molecular formula is C18H29N3. The highest BCUT2D eigenvalue weighted by Crippen LogP contribution is 2.28. The Morgan fingerprint density at radius 1 is 1.10 bits per heavy atom. The number of likely N-dealkylation sites (tertiary alicyclic amines) is 2. The van der Waals surface area contributed by atoms with Gasteiger partial charge in [0.15, 0.2) is 0 Å². The molecule has 3 nitrogen and oxygen atoms in total. The molecule has 0 N–H and O–H groups in total. The van der Waals surface area contributed by atoms with E-state index in [0.29, 0.717) is 5.92 Å². The fraction of sp³-hybridized carbons (Fsp3) is 0.722. The Bertz CT molecular complexity index is 458. The summed E-state index contributed by atoms with van der Waals surface area (Å²) in [6.45, 7) is 8.27. The van der Waals surface area contributed by atoms with Crippen molar-refractivity contribution < 1.29 is 0 Å². The van der Waals surface area contributed by atoms with Gasteiger partial charge in [0.2, 0.25) is 0 Å². The first-order valence-electron chi connectivity index (χ1n) is 8.58. The summed E-state index contributed by atoms with van der Waals surface area (Å²) in [5, 5.41) is 0. The number of rotatable bonds is 3.